The molecule has 0 radical (unpaired) electrons. The molecule has 2 aliphatic carbocycles. The molecule has 0 unspecified atom stereocenters. The minimum absolute atomic E-state index is 0.172. The van der Waals surface area contributed by atoms with Crippen molar-refractivity contribution < 1.29 is 4.79 Å². The average Bonchev–Trinajstić information content (AvgIpc) is 3.55. The van der Waals surface area contributed by atoms with Crippen LogP contribution in [0.25, 0.3) is 5.82 Å². The smallest absolute Gasteiger partial charge is 0.254 e. The van der Waals surface area contributed by atoms with Crippen molar-refractivity contribution in [3.05, 3.63) is 42.4 Å². The van der Waals surface area contributed by atoms with Gasteiger partial charge in [-0.1, -0.05) is 0 Å². The van der Waals surface area contributed by atoms with E-state index in [0.29, 0.717) is 11.9 Å². The van der Waals surface area contributed by atoms with Gasteiger partial charge in [0.1, 0.15) is 0 Å². The van der Waals surface area contributed by atoms with E-state index in [1.54, 1.807) is 17.1 Å². The molecule has 5 nitrogen and oxygen atoms in total. The van der Waals surface area contributed by atoms with Crippen LogP contribution in [-0.4, -0.2) is 38.2 Å². The Bertz CT molecular complexity index is 748. The SMILES string of the molecule is O=C(c1ccnc(-n2cccn2)c1)N1C[C@H](C2CC2)C[C@@H]1C1CC1. The molecule has 2 saturated carbocycles. The number of pyridine rings is 1. The molecule has 0 spiro atoms. The highest BCUT2D eigenvalue weighted by atomic mass is 16.2. The third kappa shape index (κ3) is 2.52. The molecule has 1 aliphatic heterocycles. The van der Waals surface area contributed by atoms with E-state index in [9.17, 15) is 4.79 Å². The van der Waals surface area contributed by atoms with Crippen LogP contribution in [0, 0.1) is 17.8 Å². The van der Waals surface area contributed by atoms with Gasteiger partial charge >= 0.3 is 0 Å². The maximum atomic E-state index is 13.2. The first kappa shape index (κ1) is 14.2. The Morgan fingerprint density at radius 1 is 1.08 bits per heavy atom. The fourth-order valence-corrected chi connectivity index (χ4v) is 4.22. The number of hydrogen-bond donors (Lipinski definition) is 0. The predicted molar refractivity (Wildman–Crippen MR) is 89.7 cm³/mol. The van der Waals surface area contributed by atoms with Gasteiger partial charge in [0.15, 0.2) is 5.82 Å². The second kappa shape index (κ2) is 5.43. The highest BCUT2D eigenvalue weighted by molar-refractivity contribution is 5.95. The molecule has 3 fully saturated rings. The summed E-state index contributed by atoms with van der Waals surface area (Å²) in [6, 6.07) is 6.03. The Morgan fingerprint density at radius 2 is 1.92 bits per heavy atom. The van der Waals surface area contributed by atoms with Crippen LogP contribution >= 0.6 is 0 Å². The summed E-state index contributed by atoms with van der Waals surface area (Å²) in [5.41, 5.74) is 0.734. The van der Waals surface area contributed by atoms with Crippen molar-refractivity contribution >= 4 is 5.91 Å². The van der Waals surface area contributed by atoms with Gasteiger partial charge in [0.2, 0.25) is 0 Å². The van der Waals surface area contributed by atoms with Crippen molar-refractivity contribution in [3.63, 3.8) is 0 Å². The lowest BCUT2D eigenvalue weighted by molar-refractivity contribution is 0.0716. The number of rotatable bonds is 4. The van der Waals surface area contributed by atoms with Gasteiger partial charge in [0.25, 0.3) is 5.91 Å². The maximum Gasteiger partial charge on any atom is 0.254 e. The van der Waals surface area contributed by atoms with E-state index >= 15 is 0 Å². The standard InChI is InChI=1S/C19H22N4O/c24-19(15-6-8-20-18(11-15)23-9-1-7-21-23)22-12-16(13-2-3-13)10-17(22)14-4-5-14/h1,6-9,11,13-14,16-17H,2-5,10,12H2/t16-,17-/m1/s1. The topological polar surface area (TPSA) is 51.0 Å². The zero-order valence-electron chi connectivity index (χ0n) is 13.7. The summed E-state index contributed by atoms with van der Waals surface area (Å²) in [4.78, 5) is 19.7. The number of carbonyl (C=O) groups is 1. The lowest BCUT2D eigenvalue weighted by atomic mass is 9.98. The summed E-state index contributed by atoms with van der Waals surface area (Å²) in [7, 11) is 0. The third-order valence-electron chi connectivity index (χ3n) is 5.82. The van der Waals surface area contributed by atoms with E-state index < -0.39 is 0 Å². The number of aromatic nitrogens is 3. The fourth-order valence-electron chi connectivity index (χ4n) is 4.22. The Morgan fingerprint density at radius 3 is 2.62 bits per heavy atom. The summed E-state index contributed by atoms with van der Waals surface area (Å²) in [6.45, 7) is 0.949. The van der Waals surface area contributed by atoms with Crippen molar-refractivity contribution in [3.8, 4) is 5.82 Å². The van der Waals surface area contributed by atoms with E-state index in [0.717, 1.165) is 29.9 Å². The number of likely N-dealkylation sites (tertiary alicyclic amines) is 1. The molecule has 1 amide bonds. The van der Waals surface area contributed by atoms with Gasteiger partial charge in [0, 0.05) is 36.7 Å². The Kier molecular flexibility index (Phi) is 3.21. The van der Waals surface area contributed by atoms with Gasteiger partial charge < -0.3 is 4.90 Å². The van der Waals surface area contributed by atoms with E-state index in [1.165, 1.54) is 32.1 Å². The summed E-state index contributed by atoms with van der Waals surface area (Å²) in [6.07, 6.45) is 11.8. The Labute approximate surface area is 141 Å². The van der Waals surface area contributed by atoms with Gasteiger partial charge in [-0.05, 0) is 68.1 Å². The van der Waals surface area contributed by atoms with Crippen LogP contribution in [0.15, 0.2) is 36.8 Å². The first-order valence-corrected chi connectivity index (χ1v) is 9.06. The quantitative estimate of drug-likeness (QED) is 0.869. The molecule has 0 N–H and O–H groups in total. The normalized spacial score (nSPS) is 26.8. The zero-order chi connectivity index (χ0) is 16.1. The zero-order valence-corrected chi connectivity index (χ0v) is 13.7. The van der Waals surface area contributed by atoms with Crippen LogP contribution in [0.5, 0.6) is 0 Å². The highest BCUT2D eigenvalue weighted by Gasteiger charge is 2.47. The minimum atomic E-state index is 0.172. The summed E-state index contributed by atoms with van der Waals surface area (Å²) in [5.74, 6) is 3.22. The van der Waals surface area contributed by atoms with Gasteiger partial charge in [-0.15, -0.1) is 0 Å². The molecule has 5 rings (SSSR count). The van der Waals surface area contributed by atoms with Crippen LogP contribution in [0.2, 0.25) is 0 Å². The summed E-state index contributed by atoms with van der Waals surface area (Å²) < 4.78 is 1.70. The molecule has 2 aromatic rings. The number of hydrogen-bond acceptors (Lipinski definition) is 3. The van der Waals surface area contributed by atoms with Crippen molar-refractivity contribution in [1.82, 2.24) is 19.7 Å². The molecule has 24 heavy (non-hydrogen) atoms. The molecule has 2 aromatic heterocycles. The number of amides is 1. The van der Waals surface area contributed by atoms with Crippen LogP contribution in [0.3, 0.4) is 0 Å². The van der Waals surface area contributed by atoms with Gasteiger partial charge in [-0.25, -0.2) is 9.67 Å². The average molecular weight is 322 g/mol. The monoisotopic (exact) mass is 322 g/mol. The van der Waals surface area contributed by atoms with E-state index in [1.807, 2.05) is 24.4 Å². The lowest BCUT2D eigenvalue weighted by Gasteiger charge is -2.24. The Balaban J connectivity index is 1.41. The second-order valence-electron chi connectivity index (χ2n) is 7.55. The molecule has 2 atom stereocenters. The molecular formula is C19H22N4O. The van der Waals surface area contributed by atoms with Crippen LogP contribution < -0.4 is 0 Å². The maximum absolute atomic E-state index is 13.2. The minimum Gasteiger partial charge on any atom is -0.335 e. The van der Waals surface area contributed by atoms with Crippen molar-refractivity contribution in [2.24, 2.45) is 17.8 Å². The third-order valence-corrected chi connectivity index (χ3v) is 5.82. The second-order valence-corrected chi connectivity index (χ2v) is 7.55. The van der Waals surface area contributed by atoms with Gasteiger partial charge in [-0.2, -0.15) is 5.10 Å². The van der Waals surface area contributed by atoms with E-state index in [4.69, 9.17) is 0 Å². The van der Waals surface area contributed by atoms with Crippen molar-refractivity contribution in [1.29, 1.82) is 0 Å². The number of carbonyl (C=O) groups excluding carboxylic acids is 1. The summed E-state index contributed by atoms with van der Waals surface area (Å²) >= 11 is 0. The van der Waals surface area contributed by atoms with Crippen molar-refractivity contribution in [2.45, 2.75) is 38.1 Å². The molecule has 0 aromatic carbocycles. The van der Waals surface area contributed by atoms with E-state index in [2.05, 4.69) is 15.0 Å². The molecule has 3 aliphatic rings. The first-order chi connectivity index (χ1) is 11.8. The highest BCUT2D eigenvalue weighted by Crippen LogP contribution is 2.48. The lowest BCUT2D eigenvalue weighted by Crippen LogP contribution is -2.37. The van der Waals surface area contributed by atoms with Crippen molar-refractivity contribution in [2.75, 3.05) is 6.54 Å². The van der Waals surface area contributed by atoms with Crippen LogP contribution in [0.1, 0.15) is 42.5 Å². The summed E-state index contributed by atoms with van der Waals surface area (Å²) in [5, 5.41) is 4.21. The van der Waals surface area contributed by atoms with E-state index in [-0.39, 0.29) is 5.91 Å². The molecule has 124 valence electrons. The van der Waals surface area contributed by atoms with Gasteiger partial charge in [0.05, 0.1) is 0 Å². The largest absolute Gasteiger partial charge is 0.335 e. The molecule has 3 heterocycles. The number of nitrogens with zero attached hydrogens (tertiary/aromatic N) is 4. The Hall–Kier alpha value is -2.17. The molecule has 1 saturated heterocycles. The predicted octanol–water partition coefficient (Wildman–Crippen LogP) is 2.92. The van der Waals surface area contributed by atoms with Crippen LogP contribution in [0.4, 0.5) is 0 Å². The van der Waals surface area contributed by atoms with Crippen LogP contribution in [-0.2, 0) is 0 Å². The van der Waals surface area contributed by atoms with Gasteiger partial charge in [-0.3, -0.25) is 4.79 Å². The molecule has 5 heteroatoms. The fraction of sp³-hybridized carbons (Fsp3) is 0.526. The first-order valence-electron chi connectivity index (χ1n) is 9.06. The molecular weight excluding hydrogens is 300 g/mol. The molecule has 0 bridgehead atoms.